The lowest BCUT2D eigenvalue weighted by Crippen LogP contribution is -1.97. The van der Waals surface area contributed by atoms with Crippen LogP contribution in [0.2, 0.25) is 10.0 Å². The molecule has 1 aliphatic carbocycles. The zero-order valence-electron chi connectivity index (χ0n) is 28.7. The van der Waals surface area contributed by atoms with Crippen LogP contribution < -0.4 is 0 Å². The lowest BCUT2D eigenvalue weighted by atomic mass is 10.1. The van der Waals surface area contributed by atoms with E-state index in [2.05, 4.69) is 157 Å². The predicted molar refractivity (Wildman–Crippen MR) is 217 cm³/mol. The van der Waals surface area contributed by atoms with Gasteiger partial charge in [0.2, 0.25) is 0 Å². The number of nitrogens with zero attached hydrogens (tertiary/aromatic N) is 1. The Morgan fingerprint density at radius 3 is 1.71 bits per heavy atom. The normalized spacial score (nSPS) is 11.4. The van der Waals surface area contributed by atoms with E-state index in [1.165, 1.54) is 76.5 Å². The maximum atomic E-state index is 6.31. The number of hydrogen-bond donors (Lipinski definition) is 0. The second kappa shape index (κ2) is 15.8. The smallest absolute Gasteiger partial charge is 0.0555 e. The van der Waals surface area contributed by atoms with Crippen LogP contribution in [0.15, 0.2) is 126 Å². The third kappa shape index (κ3) is 7.83. The molecule has 4 heteroatoms. The summed E-state index contributed by atoms with van der Waals surface area (Å²) in [6.07, 6.45) is 5.34. The van der Waals surface area contributed by atoms with E-state index in [9.17, 15) is 0 Å². The van der Waals surface area contributed by atoms with Crippen LogP contribution in [0.4, 0.5) is 0 Å². The SMILES string of the molecule is CCc1cc(Br)cc(CC)c1.CCc1cc(CC)cc(-n2c3ccccc3c3ccc(Cl)cc32)c1.Clc1ccc2c(c1)Cc1ccccc1-2. The highest BCUT2D eigenvalue weighted by molar-refractivity contribution is 9.10. The number of hydrogen-bond acceptors (Lipinski definition) is 0. The molecule has 0 atom stereocenters. The van der Waals surface area contributed by atoms with Crippen LogP contribution in [0.5, 0.6) is 0 Å². The fourth-order valence-electron chi connectivity index (χ4n) is 6.74. The van der Waals surface area contributed by atoms with Gasteiger partial charge in [-0.15, -0.1) is 0 Å². The molecule has 49 heavy (non-hydrogen) atoms. The third-order valence-electron chi connectivity index (χ3n) is 9.34. The number of aromatic nitrogens is 1. The first-order valence-corrected chi connectivity index (χ1v) is 18.8. The number of halogens is 3. The Hall–Kier alpha value is -3.82. The van der Waals surface area contributed by atoms with E-state index < -0.39 is 0 Å². The highest BCUT2D eigenvalue weighted by atomic mass is 79.9. The summed E-state index contributed by atoms with van der Waals surface area (Å²) in [6, 6.07) is 43.0. The number of aryl methyl sites for hydroxylation is 4. The summed E-state index contributed by atoms with van der Waals surface area (Å²) in [4.78, 5) is 0. The van der Waals surface area contributed by atoms with Crippen LogP contribution in [0.25, 0.3) is 38.6 Å². The van der Waals surface area contributed by atoms with E-state index in [0.717, 1.165) is 42.1 Å². The van der Waals surface area contributed by atoms with Crippen LogP contribution in [0.3, 0.4) is 0 Å². The first kappa shape index (κ1) is 35.0. The molecule has 0 fully saturated rings. The molecular formula is C45H42BrCl2N. The average molecular weight is 748 g/mol. The Balaban J connectivity index is 0.000000141. The minimum Gasteiger partial charge on any atom is -0.309 e. The summed E-state index contributed by atoms with van der Waals surface area (Å²) < 4.78 is 3.54. The zero-order chi connectivity index (χ0) is 34.5. The monoisotopic (exact) mass is 745 g/mol. The summed E-state index contributed by atoms with van der Waals surface area (Å²) in [6.45, 7) is 8.78. The van der Waals surface area contributed by atoms with Crippen molar-refractivity contribution in [1.29, 1.82) is 0 Å². The molecule has 0 saturated heterocycles. The molecule has 0 bridgehead atoms. The topological polar surface area (TPSA) is 4.93 Å². The Morgan fingerprint density at radius 1 is 0.510 bits per heavy atom. The lowest BCUT2D eigenvalue weighted by Gasteiger charge is -2.12. The van der Waals surface area contributed by atoms with Gasteiger partial charge in [0.1, 0.15) is 0 Å². The Labute approximate surface area is 309 Å². The number of benzene rings is 6. The van der Waals surface area contributed by atoms with Crippen LogP contribution in [0.1, 0.15) is 61.1 Å². The van der Waals surface area contributed by atoms with Gasteiger partial charge in [-0.1, -0.05) is 134 Å². The highest BCUT2D eigenvalue weighted by Gasteiger charge is 2.17. The summed E-state index contributed by atoms with van der Waals surface area (Å²) in [7, 11) is 0. The molecule has 8 rings (SSSR count). The van der Waals surface area contributed by atoms with Crippen molar-refractivity contribution in [2.24, 2.45) is 0 Å². The summed E-state index contributed by atoms with van der Waals surface area (Å²) in [5.74, 6) is 0. The van der Waals surface area contributed by atoms with Crippen molar-refractivity contribution in [3.63, 3.8) is 0 Å². The van der Waals surface area contributed by atoms with Gasteiger partial charge in [-0.3, -0.25) is 0 Å². The summed E-state index contributed by atoms with van der Waals surface area (Å²) >= 11 is 15.8. The number of rotatable bonds is 5. The quantitative estimate of drug-likeness (QED) is 0.165. The van der Waals surface area contributed by atoms with E-state index >= 15 is 0 Å². The molecule has 7 aromatic rings. The Bertz CT molecular complexity index is 2200. The third-order valence-corrected chi connectivity index (χ3v) is 10.3. The molecule has 0 saturated carbocycles. The first-order valence-electron chi connectivity index (χ1n) is 17.3. The standard InChI is InChI=1S/C22H20ClN.C13H9Cl.C10H13Br/c1-3-15-11-16(4-2)13-18(12-15)24-21-8-6-5-7-19(21)20-10-9-17(23)14-22(20)24;14-11-5-6-13-10(8-11)7-9-3-1-2-4-12(9)13;1-3-8-5-9(4-2)7-10(11)6-8/h5-14H,3-4H2,1-2H3;1-6,8H,7H2;5-7H,3-4H2,1-2H3. The van der Waals surface area contributed by atoms with Crippen molar-refractivity contribution >= 4 is 60.9 Å². The molecule has 1 nitrogen and oxygen atoms in total. The number of fused-ring (bicyclic) bond motifs is 6. The maximum absolute atomic E-state index is 6.31. The highest BCUT2D eigenvalue weighted by Crippen LogP contribution is 2.37. The molecule has 248 valence electrons. The van der Waals surface area contributed by atoms with Gasteiger partial charge in [-0.2, -0.15) is 0 Å². The molecule has 0 aliphatic heterocycles. The summed E-state index contributed by atoms with van der Waals surface area (Å²) in [5, 5.41) is 4.12. The van der Waals surface area contributed by atoms with Crippen LogP contribution in [-0.4, -0.2) is 4.57 Å². The molecular weight excluding hydrogens is 705 g/mol. The molecule has 0 spiro atoms. The van der Waals surface area contributed by atoms with Gasteiger partial charge in [-0.05, 0) is 131 Å². The van der Waals surface area contributed by atoms with Crippen molar-refractivity contribution in [1.82, 2.24) is 4.57 Å². The van der Waals surface area contributed by atoms with Crippen molar-refractivity contribution in [2.75, 3.05) is 0 Å². The Morgan fingerprint density at radius 2 is 1.04 bits per heavy atom. The van der Waals surface area contributed by atoms with E-state index in [1.54, 1.807) is 0 Å². The van der Waals surface area contributed by atoms with E-state index in [-0.39, 0.29) is 0 Å². The predicted octanol–water partition coefficient (Wildman–Crippen LogP) is 14.0. The first-order chi connectivity index (χ1) is 23.8. The molecule has 1 aliphatic rings. The largest absolute Gasteiger partial charge is 0.309 e. The minimum absolute atomic E-state index is 0.772. The molecule has 1 heterocycles. The molecule has 1 aromatic heterocycles. The zero-order valence-corrected chi connectivity index (χ0v) is 31.8. The van der Waals surface area contributed by atoms with Gasteiger partial charge in [0, 0.05) is 31.0 Å². The molecule has 0 N–H and O–H groups in total. The van der Waals surface area contributed by atoms with Crippen molar-refractivity contribution < 1.29 is 0 Å². The van der Waals surface area contributed by atoms with Crippen molar-refractivity contribution in [2.45, 2.75) is 59.8 Å². The van der Waals surface area contributed by atoms with Crippen molar-refractivity contribution in [3.8, 4) is 16.8 Å². The van der Waals surface area contributed by atoms with Crippen LogP contribution in [0, 0.1) is 0 Å². The molecule has 0 radical (unpaired) electrons. The van der Waals surface area contributed by atoms with Gasteiger partial charge < -0.3 is 4.57 Å². The van der Waals surface area contributed by atoms with Gasteiger partial charge in [0.05, 0.1) is 11.0 Å². The summed E-state index contributed by atoms with van der Waals surface area (Å²) in [5.41, 5.74) is 14.6. The Kier molecular flexibility index (Phi) is 11.3. The van der Waals surface area contributed by atoms with Gasteiger partial charge in [-0.25, -0.2) is 0 Å². The average Bonchev–Trinajstić information content (AvgIpc) is 3.66. The van der Waals surface area contributed by atoms with E-state index in [0.29, 0.717) is 0 Å². The molecule has 0 amide bonds. The second-order valence-corrected chi connectivity index (χ2v) is 14.3. The van der Waals surface area contributed by atoms with Crippen LogP contribution in [-0.2, 0) is 32.1 Å². The van der Waals surface area contributed by atoms with Gasteiger partial charge in [0.25, 0.3) is 0 Å². The minimum atomic E-state index is 0.772. The second-order valence-electron chi connectivity index (χ2n) is 12.5. The fourth-order valence-corrected chi connectivity index (χ4v) is 7.69. The van der Waals surface area contributed by atoms with E-state index in [1.807, 2.05) is 12.1 Å². The van der Waals surface area contributed by atoms with E-state index in [4.69, 9.17) is 23.2 Å². The molecule has 0 unspecified atom stereocenters. The fraction of sp³-hybridized carbons (Fsp3) is 0.200. The van der Waals surface area contributed by atoms with Gasteiger partial charge in [0.15, 0.2) is 0 Å². The maximum Gasteiger partial charge on any atom is 0.0555 e. The number of para-hydroxylation sites is 1. The van der Waals surface area contributed by atoms with Crippen LogP contribution >= 0.6 is 39.1 Å². The van der Waals surface area contributed by atoms with Gasteiger partial charge >= 0.3 is 0 Å². The van der Waals surface area contributed by atoms with Crippen molar-refractivity contribution in [3.05, 3.63) is 169 Å². The lowest BCUT2D eigenvalue weighted by molar-refractivity contribution is 1.06. The molecule has 6 aromatic carbocycles.